The molecule has 1 saturated heterocycles. The molecular weight excluding hydrogens is 296 g/mol. The van der Waals surface area contributed by atoms with E-state index in [0.717, 1.165) is 25.7 Å². The molecule has 3 unspecified atom stereocenters. The lowest BCUT2D eigenvalue weighted by Gasteiger charge is -2.16. The summed E-state index contributed by atoms with van der Waals surface area (Å²) in [6.07, 6.45) is 21.8. The number of aliphatic hydroxyl groups is 1. The lowest BCUT2D eigenvalue weighted by Crippen LogP contribution is -2.15. The number of aliphatic hydroxyl groups excluding tert-OH is 1. The van der Waals surface area contributed by atoms with Crippen molar-refractivity contribution in [2.45, 2.75) is 97.4 Å². The van der Waals surface area contributed by atoms with Crippen LogP contribution in [0.3, 0.4) is 0 Å². The van der Waals surface area contributed by atoms with Crippen molar-refractivity contribution in [3.8, 4) is 0 Å². The summed E-state index contributed by atoms with van der Waals surface area (Å²) in [4.78, 5) is 0. The van der Waals surface area contributed by atoms with Crippen molar-refractivity contribution in [2.24, 2.45) is 5.41 Å². The SMILES string of the molecule is CCCCC/C=C\C/C=C\C/C=C\C(O)C1OC1CCC(C)(C)C. The van der Waals surface area contributed by atoms with Crippen LogP contribution >= 0.6 is 0 Å². The molecule has 0 aromatic carbocycles. The molecule has 2 heteroatoms. The van der Waals surface area contributed by atoms with Crippen LogP contribution < -0.4 is 0 Å². The van der Waals surface area contributed by atoms with Crippen molar-refractivity contribution in [2.75, 3.05) is 0 Å². The Labute approximate surface area is 149 Å². The first-order valence-corrected chi connectivity index (χ1v) is 9.74. The van der Waals surface area contributed by atoms with E-state index in [1.165, 1.54) is 25.7 Å². The number of allylic oxidation sites excluding steroid dienone is 5. The Kier molecular flexibility index (Phi) is 10.3. The van der Waals surface area contributed by atoms with Crippen LogP contribution in [0.2, 0.25) is 0 Å². The van der Waals surface area contributed by atoms with Gasteiger partial charge in [-0.3, -0.25) is 0 Å². The van der Waals surface area contributed by atoms with Crippen LogP contribution in [0.25, 0.3) is 0 Å². The van der Waals surface area contributed by atoms with E-state index < -0.39 is 6.10 Å². The van der Waals surface area contributed by atoms with Gasteiger partial charge in [0.15, 0.2) is 0 Å². The Morgan fingerprint density at radius 3 is 2.33 bits per heavy atom. The van der Waals surface area contributed by atoms with Crippen LogP contribution in [-0.2, 0) is 4.74 Å². The minimum Gasteiger partial charge on any atom is -0.386 e. The van der Waals surface area contributed by atoms with Crippen molar-refractivity contribution in [1.29, 1.82) is 0 Å². The fourth-order valence-electron chi connectivity index (χ4n) is 2.67. The smallest absolute Gasteiger partial charge is 0.114 e. The molecule has 0 aromatic rings. The molecule has 1 aliphatic rings. The second kappa shape index (κ2) is 11.7. The van der Waals surface area contributed by atoms with Gasteiger partial charge in [-0.05, 0) is 43.9 Å². The molecule has 0 radical (unpaired) electrons. The highest BCUT2D eigenvalue weighted by Gasteiger charge is 2.43. The molecule has 0 bridgehead atoms. The van der Waals surface area contributed by atoms with Crippen molar-refractivity contribution >= 4 is 0 Å². The van der Waals surface area contributed by atoms with Crippen molar-refractivity contribution < 1.29 is 9.84 Å². The van der Waals surface area contributed by atoms with Crippen molar-refractivity contribution in [3.05, 3.63) is 36.5 Å². The normalized spacial score (nSPS) is 22.9. The summed E-state index contributed by atoms with van der Waals surface area (Å²) in [7, 11) is 0. The third kappa shape index (κ3) is 10.8. The molecule has 0 aromatic heterocycles. The minimum absolute atomic E-state index is 0.0126. The van der Waals surface area contributed by atoms with Gasteiger partial charge in [-0.2, -0.15) is 0 Å². The lowest BCUT2D eigenvalue weighted by molar-refractivity contribution is 0.177. The van der Waals surface area contributed by atoms with Crippen molar-refractivity contribution in [3.63, 3.8) is 0 Å². The fraction of sp³-hybridized carbons (Fsp3) is 0.727. The summed E-state index contributed by atoms with van der Waals surface area (Å²) >= 11 is 0. The van der Waals surface area contributed by atoms with Crippen LogP contribution in [0.15, 0.2) is 36.5 Å². The zero-order valence-electron chi connectivity index (χ0n) is 16.2. The maximum Gasteiger partial charge on any atom is 0.114 e. The molecule has 3 atom stereocenters. The molecule has 24 heavy (non-hydrogen) atoms. The monoisotopic (exact) mass is 334 g/mol. The molecular formula is C22H38O2. The number of rotatable bonds is 12. The standard InChI is InChI=1S/C22H38O2/c1-5-6-7-8-9-10-11-12-13-14-15-16-19(23)21-20(24-21)17-18-22(2,3)4/h9-10,12-13,15-16,19-21,23H,5-8,11,14,17-18H2,1-4H3/b10-9-,13-12-,16-15-. The number of ether oxygens (including phenoxy) is 1. The highest BCUT2D eigenvalue weighted by molar-refractivity contribution is 5.04. The molecule has 0 saturated carbocycles. The van der Waals surface area contributed by atoms with Gasteiger partial charge in [-0.25, -0.2) is 0 Å². The Bertz CT molecular complexity index is 401. The molecule has 1 N–H and O–H groups in total. The van der Waals surface area contributed by atoms with Crippen LogP contribution in [0.1, 0.15) is 79.1 Å². The zero-order chi connectivity index (χ0) is 17.8. The second-order valence-corrected chi connectivity index (χ2v) is 8.07. The molecule has 0 amide bonds. The van der Waals surface area contributed by atoms with E-state index in [4.69, 9.17) is 4.74 Å². The van der Waals surface area contributed by atoms with Gasteiger partial charge >= 0.3 is 0 Å². The van der Waals surface area contributed by atoms with E-state index in [1.807, 2.05) is 12.2 Å². The summed E-state index contributed by atoms with van der Waals surface area (Å²) in [6.45, 7) is 8.96. The molecule has 0 aliphatic carbocycles. The van der Waals surface area contributed by atoms with E-state index in [1.54, 1.807) is 0 Å². The molecule has 1 heterocycles. The number of hydrogen-bond donors (Lipinski definition) is 1. The minimum atomic E-state index is -0.457. The fourth-order valence-corrected chi connectivity index (χ4v) is 2.67. The Morgan fingerprint density at radius 2 is 1.67 bits per heavy atom. The number of unbranched alkanes of at least 4 members (excludes halogenated alkanes) is 3. The molecule has 2 nitrogen and oxygen atoms in total. The summed E-state index contributed by atoms with van der Waals surface area (Å²) in [5, 5.41) is 10.1. The molecule has 1 fully saturated rings. The van der Waals surface area contributed by atoms with Crippen LogP contribution in [0, 0.1) is 5.41 Å². The van der Waals surface area contributed by atoms with Gasteiger partial charge in [-0.15, -0.1) is 0 Å². The highest BCUT2D eigenvalue weighted by Crippen LogP contribution is 2.33. The lowest BCUT2D eigenvalue weighted by atomic mass is 9.89. The highest BCUT2D eigenvalue weighted by atomic mass is 16.6. The largest absolute Gasteiger partial charge is 0.386 e. The van der Waals surface area contributed by atoms with Crippen LogP contribution in [0.5, 0.6) is 0 Å². The first-order chi connectivity index (χ1) is 11.4. The third-order valence-electron chi connectivity index (χ3n) is 4.32. The second-order valence-electron chi connectivity index (χ2n) is 8.07. The van der Waals surface area contributed by atoms with E-state index in [-0.39, 0.29) is 12.2 Å². The van der Waals surface area contributed by atoms with E-state index >= 15 is 0 Å². The van der Waals surface area contributed by atoms with E-state index in [0.29, 0.717) is 5.41 Å². The number of epoxide rings is 1. The van der Waals surface area contributed by atoms with Gasteiger partial charge in [0.25, 0.3) is 0 Å². The Balaban J connectivity index is 2.05. The third-order valence-corrected chi connectivity index (χ3v) is 4.32. The first-order valence-electron chi connectivity index (χ1n) is 9.74. The molecule has 0 spiro atoms. The first kappa shape index (κ1) is 21.2. The van der Waals surface area contributed by atoms with Gasteiger partial charge in [0, 0.05) is 0 Å². The summed E-state index contributed by atoms with van der Waals surface area (Å²) in [5.74, 6) is 0. The quantitative estimate of drug-likeness (QED) is 0.271. The molecule has 1 aliphatic heterocycles. The average molecular weight is 335 g/mol. The number of hydrogen-bond acceptors (Lipinski definition) is 2. The van der Waals surface area contributed by atoms with E-state index in [9.17, 15) is 5.11 Å². The van der Waals surface area contributed by atoms with Crippen LogP contribution in [0.4, 0.5) is 0 Å². The zero-order valence-corrected chi connectivity index (χ0v) is 16.2. The molecule has 138 valence electrons. The predicted octanol–water partition coefficient (Wildman–Crippen LogP) is 5.97. The average Bonchev–Trinajstić information content (AvgIpc) is 3.29. The van der Waals surface area contributed by atoms with E-state index in [2.05, 4.69) is 52.0 Å². The Morgan fingerprint density at radius 1 is 1.00 bits per heavy atom. The summed E-state index contributed by atoms with van der Waals surface area (Å²) in [6, 6.07) is 0. The molecule has 1 rings (SSSR count). The van der Waals surface area contributed by atoms with Gasteiger partial charge in [-0.1, -0.05) is 77.0 Å². The topological polar surface area (TPSA) is 32.8 Å². The summed E-state index contributed by atoms with van der Waals surface area (Å²) < 4.78 is 5.60. The predicted molar refractivity (Wildman–Crippen MR) is 104 cm³/mol. The van der Waals surface area contributed by atoms with Gasteiger partial charge in [0.2, 0.25) is 0 Å². The van der Waals surface area contributed by atoms with Crippen molar-refractivity contribution in [1.82, 2.24) is 0 Å². The van der Waals surface area contributed by atoms with Crippen LogP contribution in [-0.4, -0.2) is 23.4 Å². The maximum atomic E-state index is 10.1. The van der Waals surface area contributed by atoms with Gasteiger partial charge in [0.1, 0.15) is 12.2 Å². The Hall–Kier alpha value is -0.860. The maximum absolute atomic E-state index is 10.1. The van der Waals surface area contributed by atoms with Gasteiger partial charge in [0.05, 0.1) is 6.10 Å². The summed E-state index contributed by atoms with van der Waals surface area (Å²) in [5.41, 5.74) is 0.340. The van der Waals surface area contributed by atoms with Gasteiger partial charge < -0.3 is 9.84 Å².